The second-order valence-corrected chi connectivity index (χ2v) is 26.6. The maximum atomic E-state index is 2.80. The molecule has 3 rings (SSSR count). The molecule has 0 bridgehead atoms. The van der Waals surface area contributed by atoms with Gasteiger partial charge in [0.25, 0.3) is 0 Å². The van der Waals surface area contributed by atoms with Crippen LogP contribution < -0.4 is 15.9 Å². The topological polar surface area (TPSA) is 0 Å². The molecule has 0 aliphatic heterocycles. The Morgan fingerprint density at radius 2 is 0.750 bits per heavy atom. The zero-order chi connectivity index (χ0) is 17.4. The fourth-order valence-electron chi connectivity index (χ4n) is 3.40. The molecule has 0 unspecified atom stereocenters. The van der Waals surface area contributed by atoms with Crippen molar-refractivity contribution in [2.24, 2.45) is 0 Å². The van der Waals surface area contributed by atoms with Crippen LogP contribution in [0.4, 0.5) is 0 Å². The van der Waals surface area contributed by atoms with Crippen LogP contribution in [0.3, 0.4) is 0 Å². The molecule has 0 atom stereocenters. The average Bonchev–Trinajstić information content (AvgIpc) is 2.56. The van der Waals surface area contributed by atoms with Gasteiger partial charge in [0.1, 0.15) is 0 Å². The van der Waals surface area contributed by atoms with E-state index in [1.807, 2.05) is 0 Å². The molecule has 0 nitrogen and oxygen atoms in total. The summed E-state index contributed by atoms with van der Waals surface area (Å²) in [5.74, 6) is 0. The van der Waals surface area contributed by atoms with E-state index in [0.717, 1.165) is 0 Å². The van der Waals surface area contributed by atoms with Crippen LogP contribution in [-0.2, 0) is 0 Å². The van der Waals surface area contributed by atoms with Crippen molar-refractivity contribution in [1.29, 1.82) is 0 Å². The van der Waals surface area contributed by atoms with E-state index in [9.17, 15) is 0 Å². The molecule has 3 aromatic carbocycles. The monoisotopic (exact) mass is 558 g/mol. The van der Waals surface area contributed by atoms with Crippen molar-refractivity contribution in [1.82, 2.24) is 0 Å². The molecule has 0 fully saturated rings. The number of hydrogen-bond acceptors (Lipinski definition) is 0. The Bertz CT molecular complexity index is 782. The molecule has 3 heteroatoms. The molecule has 0 heterocycles. The van der Waals surface area contributed by atoms with Gasteiger partial charge in [0.05, 0.1) is 0 Å². The van der Waals surface area contributed by atoms with Crippen molar-refractivity contribution in [3.05, 3.63) is 89.5 Å². The zero-order valence-corrected chi connectivity index (χ0v) is 19.3. The summed E-state index contributed by atoms with van der Waals surface area (Å²) in [5, 5.41) is 4.40. The molecule has 124 valence electrons. The predicted molar refractivity (Wildman–Crippen MR) is 127 cm³/mol. The van der Waals surface area contributed by atoms with Crippen LogP contribution in [0.25, 0.3) is 0 Å². The molecule has 0 aliphatic rings. The first kappa shape index (κ1) is 18.3. The molecule has 24 heavy (non-hydrogen) atoms. The van der Waals surface area contributed by atoms with Gasteiger partial charge in [-0.3, -0.25) is 0 Å². The third-order valence-corrected chi connectivity index (χ3v) is 18.0. The summed E-state index contributed by atoms with van der Waals surface area (Å²) in [5.41, 5.74) is 4.10. The van der Waals surface area contributed by atoms with Crippen LogP contribution in [0.1, 0.15) is 16.7 Å². The second-order valence-electron chi connectivity index (χ2n) is 6.27. The van der Waals surface area contributed by atoms with Gasteiger partial charge in [0, 0.05) is 0 Å². The minimum absolute atomic E-state index is 1.37. The van der Waals surface area contributed by atoms with E-state index in [2.05, 4.69) is 138 Å². The number of benzene rings is 3. The van der Waals surface area contributed by atoms with Crippen molar-refractivity contribution >= 4 is 61.9 Å². The fraction of sp³-hybridized carbons (Fsp3) is 0.143. The normalized spacial score (nSPS) is 13.3. The summed E-state index contributed by atoms with van der Waals surface area (Å²) in [6, 6.07) is 26.6. The summed E-state index contributed by atoms with van der Waals surface area (Å²) in [4.78, 5) is 0. The maximum absolute atomic E-state index is 2.80. The third-order valence-electron chi connectivity index (χ3n) is 4.62. The molecule has 0 saturated heterocycles. The Morgan fingerprint density at radius 1 is 0.500 bits per heavy atom. The Kier molecular flexibility index (Phi) is 5.12. The van der Waals surface area contributed by atoms with Gasteiger partial charge in [-0.05, 0) is 0 Å². The van der Waals surface area contributed by atoms with E-state index >= 15 is 0 Å². The summed E-state index contributed by atoms with van der Waals surface area (Å²) < 4.78 is -2.58. The van der Waals surface area contributed by atoms with Crippen molar-refractivity contribution < 1.29 is 0 Å². The number of aryl methyl sites for hydroxylation is 3. The molecule has 0 spiro atoms. The van der Waals surface area contributed by atoms with Gasteiger partial charge in [0.15, 0.2) is 0 Å². The van der Waals surface area contributed by atoms with Gasteiger partial charge < -0.3 is 0 Å². The summed E-state index contributed by atoms with van der Waals surface area (Å²) in [7, 11) is 0. The molecule has 0 aromatic heterocycles. The van der Waals surface area contributed by atoms with E-state index in [1.165, 1.54) is 32.6 Å². The number of rotatable bonds is 3. The number of hydrogen-bond donors (Lipinski definition) is 0. The van der Waals surface area contributed by atoms with Crippen LogP contribution in [-0.4, -0.2) is 0 Å². The van der Waals surface area contributed by atoms with Gasteiger partial charge in [-0.15, -0.1) is 0 Å². The van der Waals surface area contributed by atoms with Crippen molar-refractivity contribution in [3.63, 3.8) is 0 Å². The summed E-state index contributed by atoms with van der Waals surface area (Å²) >= 11 is 5.60. The molecule has 0 radical (unpaired) electrons. The summed E-state index contributed by atoms with van der Waals surface area (Å²) in [6.45, 7) is 6.72. The molecular weight excluding hydrogens is 537 g/mol. The van der Waals surface area contributed by atoms with Crippen LogP contribution in [0.15, 0.2) is 72.8 Å². The van der Waals surface area contributed by atoms with Gasteiger partial charge in [-0.25, -0.2) is 0 Å². The zero-order valence-electron chi connectivity index (χ0n) is 14.1. The third kappa shape index (κ3) is 2.85. The predicted octanol–water partition coefficient (Wildman–Crippen LogP) is 6.14. The molecule has 3 aromatic rings. The van der Waals surface area contributed by atoms with Crippen LogP contribution in [0.5, 0.6) is 0 Å². The fourth-order valence-corrected chi connectivity index (χ4v) is 17.0. The molecule has 0 N–H and O–H groups in total. The van der Waals surface area contributed by atoms with Gasteiger partial charge in [0.2, 0.25) is 0 Å². The Morgan fingerprint density at radius 3 is 1.00 bits per heavy atom. The second kappa shape index (κ2) is 6.69. The summed E-state index contributed by atoms with van der Waals surface area (Å²) in [6.07, 6.45) is 0. The Balaban J connectivity index is 2.50. The van der Waals surface area contributed by atoms with E-state index in [4.69, 9.17) is 0 Å². The van der Waals surface area contributed by atoms with E-state index < -0.39 is 1.89 Å². The standard InChI is InChI=1S/C21H21I2P/c1-16-10-4-7-13-19(16)24(22,23,20-14-8-5-11-17(20)2)21-15-9-6-12-18(21)3/h4-15H,1-3H3. The molecule has 0 amide bonds. The SMILES string of the molecule is Cc1ccccc1P(I)(I)(c1ccccc1C)c1ccccc1C. The Labute approximate surface area is 171 Å². The van der Waals surface area contributed by atoms with Crippen LogP contribution in [0.2, 0.25) is 0 Å². The first-order valence-electron chi connectivity index (χ1n) is 7.99. The number of halogens is 2. The molecular formula is C21H21I2P. The minimum atomic E-state index is -2.58. The molecule has 0 aliphatic carbocycles. The van der Waals surface area contributed by atoms with E-state index in [-0.39, 0.29) is 0 Å². The van der Waals surface area contributed by atoms with E-state index in [1.54, 1.807) is 0 Å². The van der Waals surface area contributed by atoms with Gasteiger partial charge in [-0.2, -0.15) is 0 Å². The van der Waals surface area contributed by atoms with Gasteiger partial charge >= 0.3 is 172 Å². The first-order valence-corrected chi connectivity index (χ1v) is 15.8. The van der Waals surface area contributed by atoms with Crippen molar-refractivity contribution in [3.8, 4) is 0 Å². The van der Waals surface area contributed by atoms with Crippen molar-refractivity contribution in [2.75, 3.05) is 0 Å². The Hall–Kier alpha value is -0.450. The van der Waals surface area contributed by atoms with Gasteiger partial charge in [-0.1, -0.05) is 0 Å². The quantitative estimate of drug-likeness (QED) is 0.268. The van der Waals surface area contributed by atoms with E-state index in [0.29, 0.717) is 0 Å². The van der Waals surface area contributed by atoms with Crippen LogP contribution in [0, 0.1) is 20.8 Å². The average molecular weight is 558 g/mol. The van der Waals surface area contributed by atoms with Crippen molar-refractivity contribution in [2.45, 2.75) is 20.8 Å². The molecule has 0 saturated carbocycles. The first-order chi connectivity index (χ1) is 11.4. The van der Waals surface area contributed by atoms with Crippen LogP contribution >= 0.6 is 46.0 Å².